The third-order valence-corrected chi connectivity index (χ3v) is 4.76. The Morgan fingerprint density at radius 2 is 1.39 bits per heavy atom. The minimum Gasteiger partial charge on any atom is -0.489 e. The van der Waals surface area contributed by atoms with E-state index in [2.05, 4.69) is 5.32 Å². The lowest BCUT2D eigenvalue weighted by Crippen LogP contribution is -2.29. The molecular weight excluding hydrogens is 394 g/mol. The van der Waals surface area contributed by atoms with E-state index in [0.717, 1.165) is 11.1 Å². The summed E-state index contributed by atoms with van der Waals surface area (Å²) >= 11 is 0. The average molecular weight is 421 g/mol. The first-order valence-corrected chi connectivity index (χ1v) is 10.2. The van der Waals surface area contributed by atoms with Crippen molar-refractivity contribution in [3.8, 4) is 5.75 Å². The maximum Gasteiger partial charge on any atom is 0.407 e. The molecule has 3 aromatic carbocycles. The van der Waals surface area contributed by atoms with E-state index in [4.69, 9.17) is 9.47 Å². The van der Waals surface area contributed by atoms with E-state index in [9.17, 15) is 15.0 Å². The molecule has 2 unspecified atom stereocenters. The number of aliphatic hydroxyl groups excluding tert-OH is 2. The number of hydrogen-bond donors (Lipinski definition) is 3. The fourth-order valence-electron chi connectivity index (χ4n) is 2.98. The molecule has 0 aliphatic heterocycles. The first-order chi connectivity index (χ1) is 15.1. The van der Waals surface area contributed by atoms with Crippen LogP contribution in [0.3, 0.4) is 0 Å². The van der Waals surface area contributed by atoms with Crippen LogP contribution in [0.15, 0.2) is 84.9 Å². The molecule has 6 heteroatoms. The van der Waals surface area contributed by atoms with Crippen LogP contribution in [0, 0.1) is 0 Å². The van der Waals surface area contributed by atoms with Crippen LogP contribution in [0.25, 0.3) is 0 Å². The summed E-state index contributed by atoms with van der Waals surface area (Å²) in [6, 6.07) is 26.2. The summed E-state index contributed by atoms with van der Waals surface area (Å²) in [5.74, 6) is 0.678. The van der Waals surface area contributed by atoms with Crippen LogP contribution in [0.4, 0.5) is 4.79 Å². The molecule has 3 rings (SSSR count). The lowest BCUT2D eigenvalue weighted by Gasteiger charge is -2.18. The van der Waals surface area contributed by atoms with Crippen LogP contribution in [0.5, 0.6) is 5.75 Å². The number of rotatable bonds is 10. The van der Waals surface area contributed by atoms with Gasteiger partial charge in [0.25, 0.3) is 0 Å². The van der Waals surface area contributed by atoms with E-state index < -0.39 is 18.3 Å². The zero-order valence-corrected chi connectivity index (χ0v) is 17.2. The molecule has 0 saturated carbocycles. The Kier molecular flexibility index (Phi) is 8.46. The first kappa shape index (κ1) is 22.3. The minimum atomic E-state index is -1.06. The highest BCUT2D eigenvalue weighted by molar-refractivity contribution is 5.67. The second kappa shape index (κ2) is 11.7. The van der Waals surface area contributed by atoms with Crippen molar-refractivity contribution in [1.29, 1.82) is 0 Å². The van der Waals surface area contributed by atoms with Crippen molar-refractivity contribution < 1.29 is 24.5 Å². The third kappa shape index (κ3) is 7.44. The van der Waals surface area contributed by atoms with Gasteiger partial charge in [0, 0.05) is 6.54 Å². The van der Waals surface area contributed by atoms with E-state index in [1.807, 2.05) is 60.7 Å². The zero-order valence-electron chi connectivity index (χ0n) is 17.2. The summed E-state index contributed by atoms with van der Waals surface area (Å²) in [6.07, 6.45) is -2.46. The van der Waals surface area contributed by atoms with Crippen LogP contribution in [-0.4, -0.2) is 29.0 Å². The number of benzene rings is 3. The molecule has 162 valence electrons. The van der Waals surface area contributed by atoms with Gasteiger partial charge in [-0.25, -0.2) is 4.79 Å². The SMILES string of the molecule is O=C(NCCC(O)C(O)c1ccc(OCc2ccccc2)cc1)OCc1ccccc1. The molecule has 0 aliphatic rings. The molecule has 0 fully saturated rings. The molecule has 0 heterocycles. The maximum absolute atomic E-state index is 11.7. The van der Waals surface area contributed by atoms with E-state index in [1.54, 1.807) is 24.3 Å². The van der Waals surface area contributed by atoms with Crippen molar-refractivity contribution in [1.82, 2.24) is 5.32 Å². The molecule has 6 nitrogen and oxygen atoms in total. The molecule has 0 aromatic heterocycles. The summed E-state index contributed by atoms with van der Waals surface area (Å²) in [6.45, 7) is 0.818. The van der Waals surface area contributed by atoms with E-state index in [1.165, 1.54) is 0 Å². The standard InChI is InChI=1S/C25H27NO5/c27-23(15-16-26-25(29)31-18-20-9-5-2-6-10-20)24(28)21-11-13-22(14-12-21)30-17-19-7-3-1-4-8-19/h1-14,23-24,27-28H,15-18H2,(H,26,29). The number of hydrogen-bond acceptors (Lipinski definition) is 5. The van der Waals surface area contributed by atoms with Gasteiger partial charge < -0.3 is 25.0 Å². The van der Waals surface area contributed by atoms with Gasteiger partial charge in [-0.1, -0.05) is 72.8 Å². The highest BCUT2D eigenvalue weighted by Gasteiger charge is 2.18. The van der Waals surface area contributed by atoms with Gasteiger partial charge in [0.1, 0.15) is 25.1 Å². The van der Waals surface area contributed by atoms with E-state index >= 15 is 0 Å². The number of ether oxygens (including phenoxy) is 2. The Balaban J connectivity index is 1.38. The quantitative estimate of drug-likeness (QED) is 0.461. The third-order valence-electron chi connectivity index (χ3n) is 4.76. The van der Waals surface area contributed by atoms with Gasteiger partial charge >= 0.3 is 6.09 Å². The Bertz CT molecular complexity index is 916. The Morgan fingerprint density at radius 3 is 2.00 bits per heavy atom. The van der Waals surface area contributed by atoms with E-state index in [0.29, 0.717) is 17.9 Å². The Labute approximate surface area is 182 Å². The van der Waals surface area contributed by atoms with Crippen LogP contribution in [0.2, 0.25) is 0 Å². The summed E-state index contributed by atoms with van der Waals surface area (Å²) in [5, 5.41) is 23.2. The molecular formula is C25H27NO5. The topological polar surface area (TPSA) is 88.0 Å². The zero-order chi connectivity index (χ0) is 21.9. The molecule has 1 amide bonds. The number of nitrogens with one attached hydrogen (secondary N) is 1. The van der Waals surface area contributed by atoms with Gasteiger partial charge in [-0.15, -0.1) is 0 Å². The smallest absolute Gasteiger partial charge is 0.407 e. The number of alkyl carbamates (subject to hydrolysis) is 1. The average Bonchev–Trinajstić information content (AvgIpc) is 2.82. The van der Waals surface area contributed by atoms with Gasteiger partial charge in [-0.3, -0.25) is 0 Å². The highest BCUT2D eigenvalue weighted by atomic mass is 16.5. The lowest BCUT2D eigenvalue weighted by molar-refractivity contribution is 0.0136. The number of aliphatic hydroxyl groups is 2. The number of carbonyl (C=O) groups excluding carboxylic acids is 1. The minimum absolute atomic E-state index is 0.177. The summed E-state index contributed by atoms with van der Waals surface area (Å²) < 4.78 is 10.8. The second-order valence-electron chi connectivity index (χ2n) is 7.13. The van der Waals surface area contributed by atoms with Crippen molar-refractivity contribution in [3.63, 3.8) is 0 Å². The molecule has 31 heavy (non-hydrogen) atoms. The van der Waals surface area contributed by atoms with Gasteiger partial charge in [0.05, 0.1) is 6.10 Å². The van der Waals surface area contributed by atoms with Crippen LogP contribution in [-0.2, 0) is 18.0 Å². The van der Waals surface area contributed by atoms with Crippen LogP contribution < -0.4 is 10.1 Å². The fourth-order valence-corrected chi connectivity index (χ4v) is 2.98. The summed E-state index contributed by atoms with van der Waals surface area (Å²) in [4.78, 5) is 11.7. The van der Waals surface area contributed by atoms with Crippen LogP contribution in [0.1, 0.15) is 29.2 Å². The number of carbonyl (C=O) groups is 1. The van der Waals surface area contributed by atoms with Crippen molar-refractivity contribution in [2.24, 2.45) is 0 Å². The molecule has 0 saturated heterocycles. The Hall–Kier alpha value is -3.35. The molecule has 0 spiro atoms. The van der Waals surface area contributed by atoms with Crippen molar-refractivity contribution in [2.45, 2.75) is 31.8 Å². The summed E-state index contributed by atoms with van der Waals surface area (Å²) in [5.41, 5.74) is 2.53. The van der Waals surface area contributed by atoms with E-state index in [-0.39, 0.29) is 19.6 Å². The number of amides is 1. The molecule has 3 N–H and O–H groups in total. The van der Waals surface area contributed by atoms with Crippen molar-refractivity contribution >= 4 is 6.09 Å². The molecule has 0 radical (unpaired) electrons. The lowest BCUT2D eigenvalue weighted by atomic mass is 10.0. The molecule has 2 atom stereocenters. The van der Waals surface area contributed by atoms with Gasteiger partial charge in [-0.05, 0) is 35.2 Å². The monoisotopic (exact) mass is 421 g/mol. The fraction of sp³-hybridized carbons (Fsp3) is 0.240. The van der Waals surface area contributed by atoms with Gasteiger partial charge in [0.15, 0.2) is 0 Å². The second-order valence-corrected chi connectivity index (χ2v) is 7.13. The molecule has 0 bridgehead atoms. The predicted octanol–water partition coefficient (Wildman–Crippen LogP) is 3.98. The first-order valence-electron chi connectivity index (χ1n) is 10.2. The van der Waals surface area contributed by atoms with Gasteiger partial charge in [0.2, 0.25) is 0 Å². The van der Waals surface area contributed by atoms with Crippen molar-refractivity contribution in [3.05, 3.63) is 102 Å². The Morgan fingerprint density at radius 1 is 0.806 bits per heavy atom. The summed E-state index contributed by atoms with van der Waals surface area (Å²) in [7, 11) is 0. The molecule has 3 aromatic rings. The van der Waals surface area contributed by atoms with Gasteiger partial charge in [-0.2, -0.15) is 0 Å². The highest BCUT2D eigenvalue weighted by Crippen LogP contribution is 2.22. The van der Waals surface area contributed by atoms with Crippen LogP contribution >= 0.6 is 0 Å². The predicted molar refractivity (Wildman–Crippen MR) is 117 cm³/mol. The largest absolute Gasteiger partial charge is 0.489 e. The van der Waals surface area contributed by atoms with Crippen molar-refractivity contribution in [2.75, 3.05) is 6.54 Å². The maximum atomic E-state index is 11.7. The molecule has 0 aliphatic carbocycles. The normalized spacial score (nSPS) is 12.6.